The smallest absolute Gasteiger partial charge is 0.294 e. The Bertz CT molecular complexity index is 953. The minimum Gasteiger partial charge on any atom is -0.294 e. The molecule has 1 amide bonds. The fourth-order valence-electron chi connectivity index (χ4n) is 2.66. The van der Waals surface area contributed by atoms with Crippen LogP contribution in [0.4, 0.5) is 10.1 Å². The summed E-state index contributed by atoms with van der Waals surface area (Å²) in [6, 6.07) is 11.8. The molecule has 6 nitrogen and oxygen atoms in total. The first-order valence-corrected chi connectivity index (χ1v) is 10.1. The number of carbonyl (C=O) groups excluding carboxylic acids is 2. The van der Waals surface area contributed by atoms with Crippen LogP contribution < -0.4 is 9.44 Å². The van der Waals surface area contributed by atoms with Crippen LogP contribution in [0.5, 0.6) is 0 Å². The Morgan fingerprint density at radius 3 is 2.11 bits per heavy atom. The minimum atomic E-state index is -4.16. The second-order valence-corrected chi connectivity index (χ2v) is 8.86. The van der Waals surface area contributed by atoms with E-state index in [0.717, 1.165) is 17.7 Å². The van der Waals surface area contributed by atoms with Gasteiger partial charge in [-0.05, 0) is 36.6 Å². The van der Waals surface area contributed by atoms with E-state index in [9.17, 15) is 22.4 Å². The molecule has 0 aliphatic heterocycles. The highest BCUT2D eigenvalue weighted by Gasteiger charge is 2.27. The van der Waals surface area contributed by atoms with Gasteiger partial charge in [0.2, 0.25) is 5.91 Å². The van der Waals surface area contributed by atoms with Gasteiger partial charge in [0.25, 0.3) is 0 Å². The third-order valence-corrected chi connectivity index (χ3v) is 5.00. The Labute approximate surface area is 164 Å². The maximum Gasteiger partial charge on any atom is 0.323 e. The Morgan fingerprint density at radius 1 is 0.964 bits per heavy atom. The van der Waals surface area contributed by atoms with Crippen LogP contribution in [0.15, 0.2) is 48.5 Å². The van der Waals surface area contributed by atoms with E-state index in [-0.39, 0.29) is 24.3 Å². The second-order valence-electron chi connectivity index (χ2n) is 7.44. The van der Waals surface area contributed by atoms with Gasteiger partial charge in [-0.2, -0.15) is 8.42 Å². The van der Waals surface area contributed by atoms with Crippen molar-refractivity contribution in [2.45, 2.75) is 33.6 Å². The largest absolute Gasteiger partial charge is 0.323 e. The van der Waals surface area contributed by atoms with E-state index in [1.165, 1.54) is 12.1 Å². The van der Waals surface area contributed by atoms with Crippen LogP contribution in [0.3, 0.4) is 0 Å². The third-order valence-electron chi connectivity index (χ3n) is 4.00. The normalized spacial score (nSPS) is 11.7. The van der Waals surface area contributed by atoms with Gasteiger partial charge >= 0.3 is 10.2 Å². The third kappa shape index (κ3) is 6.77. The Kier molecular flexibility index (Phi) is 6.56. The molecule has 0 spiro atoms. The highest BCUT2D eigenvalue weighted by atomic mass is 32.2. The molecule has 150 valence electrons. The van der Waals surface area contributed by atoms with Gasteiger partial charge in [0.15, 0.2) is 5.78 Å². The lowest BCUT2D eigenvalue weighted by molar-refractivity contribution is -0.121. The molecule has 0 saturated heterocycles. The van der Waals surface area contributed by atoms with Crippen molar-refractivity contribution < 1.29 is 22.4 Å². The van der Waals surface area contributed by atoms with Crippen molar-refractivity contribution in [3.8, 4) is 0 Å². The van der Waals surface area contributed by atoms with Crippen LogP contribution in [-0.2, 0) is 15.0 Å². The Balaban J connectivity index is 1.95. The van der Waals surface area contributed by atoms with Gasteiger partial charge in [0, 0.05) is 18.4 Å². The van der Waals surface area contributed by atoms with Crippen LogP contribution in [-0.4, -0.2) is 20.1 Å². The molecule has 0 atom stereocenters. The summed E-state index contributed by atoms with van der Waals surface area (Å²) >= 11 is 0. The summed E-state index contributed by atoms with van der Waals surface area (Å²) in [4.78, 5) is 24.6. The number of hydrogen-bond donors (Lipinski definition) is 2. The Morgan fingerprint density at radius 2 is 1.54 bits per heavy atom. The standard InChI is InChI=1S/C20H23FN2O4S/c1-14-4-6-15(7-5-14)18(24)12-20(2,3)13-19(25)23-28(26,27)22-17-10-8-16(21)9-11-17/h4-11,22H,12-13H2,1-3H3,(H,23,25). The first-order chi connectivity index (χ1) is 13.0. The number of amides is 1. The van der Waals surface area contributed by atoms with Crippen LogP contribution in [0.2, 0.25) is 0 Å². The van der Waals surface area contributed by atoms with E-state index < -0.39 is 27.3 Å². The number of ketones is 1. The molecule has 0 aliphatic rings. The first kappa shape index (κ1) is 21.6. The highest BCUT2D eigenvalue weighted by Crippen LogP contribution is 2.27. The zero-order valence-electron chi connectivity index (χ0n) is 16.0. The minimum absolute atomic E-state index is 0.0922. The van der Waals surface area contributed by atoms with Gasteiger partial charge in [-0.1, -0.05) is 43.7 Å². The zero-order valence-corrected chi connectivity index (χ0v) is 16.8. The molecule has 2 aromatic carbocycles. The van der Waals surface area contributed by atoms with Crippen molar-refractivity contribution in [1.29, 1.82) is 0 Å². The molecule has 0 unspecified atom stereocenters. The van der Waals surface area contributed by atoms with Crippen molar-refractivity contribution in [1.82, 2.24) is 4.72 Å². The predicted molar refractivity (Wildman–Crippen MR) is 106 cm³/mol. The molecular formula is C20H23FN2O4S. The van der Waals surface area contributed by atoms with Crippen molar-refractivity contribution in [3.63, 3.8) is 0 Å². The summed E-state index contributed by atoms with van der Waals surface area (Å²) in [5.41, 5.74) is 0.964. The number of hydrogen-bond acceptors (Lipinski definition) is 4. The van der Waals surface area contributed by atoms with Crippen LogP contribution in [0.25, 0.3) is 0 Å². The zero-order chi connectivity index (χ0) is 20.9. The Hall–Kier alpha value is -2.74. The summed E-state index contributed by atoms with van der Waals surface area (Å²) in [6.07, 6.45) is -0.0656. The topological polar surface area (TPSA) is 92.3 Å². The van der Waals surface area contributed by atoms with E-state index in [1.807, 2.05) is 23.8 Å². The summed E-state index contributed by atoms with van der Waals surface area (Å²) in [5, 5.41) is 0. The average molecular weight is 406 g/mol. The molecule has 28 heavy (non-hydrogen) atoms. The number of aryl methyl sites for hydroxylation is 1. The lowest BCUT2D eigenvalue weighted by atomic mass is 9.82. The number of nitrogens with one attached hydrogen (secondary N) is 2. The molecule has 0 aliphatic carbocycles. The van der Waals surface area contributed by atoms with Gasteiger partial charge < -0.3 is 0 Å². The fraction of sp³-hybridized carbons (Fsp3) is 0.300. The lowest BCUT2D eigenvalue weighted by Crippen LogP contribution is -2.37. The van der Waals surface area contributed by atoms with Crippen LogP contribution in [0.1, 0.15) is 42.6 Å². The molecule has 0 heterocycles. The first-order valence-electron chi connectivity index (χ1n) is 8.65. The quantitative estimate of drug-likeness (QED) is 0.655. The number of carbonyl (C=O) groups is 2. The van der Waals surface area contributed by atoms with Crippen molar-refractivity contribution in [3.05, 3.63) is 65.5 Å². The van der Waals surface area contributed by atoms with E-state index in [2.05, 4.69) is 4.72 Å². The molecule has 0 saturated carbocycles. The summed E-state index contributed by atoms with van der Waals surface area (Å²) < 4.78 is 41.0. The SMILES string of the molecule is Cc1ccc(C(=O)CC(C)(C)CC(=O)NS(=O)(=O)Nc2ccc(F)cc2)cc1. The number of Topliss-reactive ketones (excluding diaryl/α,β-unsaturated/α-hetero) is 1. The monoisotopic (exact) mass is 406 g/mol. The van der Waals surface area contributed by atoms with Gasteiger partial charge in [-0.3, -0.25) is 14.3 Å². The van der Waals surface area contributed by atoms with E-state index in [0.29, 0.717) is 5.56 Å². The van der Waals surface area contributed by atoms with Gasteiger partial charge in [-0.25, -0.2) is 9.11 Å². The number of rotatable bonds is 8. The molecule has 8 heteroatoms. The molecule has 0 radical (unpaired) electrons. The number of anilines is 1. The molecule has 0 aromatic heterocycles. The molecule has 2 N–H and O–H groups in total. The second kappa shape index (κ2) is 8.52. The summed E-state index contributed by atoms with van der Waals surface area (Å²) in [5.74, 6) is -1.37. The van der Waals surface area contributed by atoms with Crippen molar-refractivity contribution in [2.24, 2.45) is 5.41 Å². The maximum atomic E-state index is 12.9. The van der Waals surface area contributed by atoms with E-state index >= 15 is 0 Å². The fourth-order valence-corrected chi connectivity index (χ4v) is 3.53. The number of benzene rings is 2. The van der Waals surface area contributed by atoms with Crippen molar-refractivity contribution in [2.75, 3.05) is 4.72 Å². The lowest BCUT2D eigenvalue weighted by Gasteiger charge is -2.23. The van der Waals surface area contributed by atoms with Gasteiger partial charge in [0.05, 0.1) is 5.69 Å². The molecule has 0 bridgehead atoms. The van der Waals surface area contributed by atoms with Gasteiger partial charge in [-0.15, -0.1) is 0 Å². The molecule has 2 aromatic rings. The van der Waals surface area contributed by atoms with Crippen molar-refractivity contribution >= 4 is 27.6 Å². The van der Waals surface area contributed by atoms with E-state index in [4.69, 9.17) is 0 Å². The summed E-state index contributed by atoms with van der Waals surface area (Å²) in [7, 11) is -4.16. The van der Waals surface area contributed by atoms with Gasteiger partial charge in [0.1, 0.15) is 5.82 Å². The van der Waals surface area contributed by atoms with Crippen LogP contribution >= 0.6 is 0 Å². The van der Waals surface area contributed by atoms with E-state index in [1.54, 1.807) is 26.0 Å². The molecular weight excluding hydrogens is 383 g/mol. The molecule has 2 rings (SSSR count). The predicted octanol–water partition coefficient (Wildman–Crippen LogP) is 3.60. The van der Waals surface area contributed by atoms with Crippen LogP contribution in [0, 0.1) is 18.2 Å². The molecule has 0 fully saturated rings. The average Bonchev–Trinajstić information content (AvgIpc) is 2.55. The maximum absolute atomic E-state index is 12.9. The number of halogens is 1. The summed E-state index contributed by atoms with van der Waals surface area (Å²) in [6.45, 7) is 5.36. The highest BCUT2D eigenvalue weighted by molar-refractivity contribution is 7.91.